The second-order valence-corrected chi connectivity index (χ2v) is 4.36. The van der Waals surface area contributed by atoms with Crippen LogP contribution in [0, 0.1) is 0 Å². The molecular weight excluding hydrogens is 258 g/mol. The number of aromatic nitrogens is 2. The second-order valence-electron chi connectivity index (χ2n) is 4.36. The van der Waals surface area contributed by atoms with Gasteiger partial charge in [-0.1, -0.05) is 12.1 Å². The highest BCUT2D eigenvalue weighted by atomic mass is 16.5. The quantitative estimate of drug-likeness (QED) is 0.841. The van der Waals surface area contributed by atoms with Crippen LogP contribution in [0.4, 0.5) is 5.69 Å². The minimum Gasteiger partial charge on any atom is -0.461 e. The van der Waals surface area contributed by atoms with Gasteiger partial charge < -0.3 is 10.1 Å². The minimum atomic E-state index is -0.519. The predicted molar refractivity (Wildman–Crippen MR) is 71.7 cm³/mol. The molecule has 0 saturated carbocycles. The monoisotopic (exact) mass is 271 g/mol. The Balaban J connectivity index is 2.03. The molecule has 0 fully saturated rings. The number of hydrogen-bond acceptors (Lipinski definition) is 5. The molecule has 0 amide bonds. The first-order chi connectivity index (χ1) is 9.70. The maximum absolute atomic E-state index is 12.4. The average Bonchev–Trinajstić information content (AvgIpc) is 2.84. The Bertz CT molecular complexity index is 691. The van der Waals surface area contributed by atoms with Crippen LogP contribution in [0.15, 0.2) is 30.3 Å². The van der Waals surface area contributed by atoms with Gasteiger partial charge in [-0.15, -0.1) is 0 Å². The molecule has 1 aliphatic rings. The molecule has 102 valence electrons. The van der Waals surface area contributed by atoms with Crippen LogP contribution >= 0.6 is 0 Å². The van der Waals surface area contributed by atoms with Gasteiger partial charge in [0, 0.05) is 5.69 Å². The van der Waals surface area contributed by atoms with Crippen molar-refractivity contribution in [2.24, 2.45) is 0 Å². The standard InChI is InChI=1S/C14H13N3O3/c1-2-20-14(19)12-7-9-8-15-11-6-4-3-5-10(11)13(18)17(9)16-12/h3-7,15H,2,8H2,1H3. The van der Waals surface area contributed by atoms with Crippen molar-refractivity contribution in [1.29, 1.82) is 0 Å². The Morgan fingerprint density at radius 1 is 1.45 bits per heavy atom. The normalized spacial score (nSPS) is 12.9. The molecule has 0 spiro atoms. The molecule has 1 N–H and O–H groups in total. The largest absolute Gasteiger partial charge is 0.461 e. The molecule has 6 heteroatoms. The van der Waals surface area contributed by atoms with Crippen LogP contribution in [-0.2, 0) is 11.3 Å². The van der Waals surface area contributed by atoms with Gasteiger partial charge in [0.25, 0.3) is 5.91 Å². The van der Waals surface area contributed by atoms with Gasteiger partial charge >= 0.3 is 5.97 Å². The number of esters is 1. The van der Waals surface area contributed by atoms with Gasteiger partial charge in [-0.05, 0) is 25.1 Å². The smallest absolute Gasteiger partial charge is 0.358 e. The van der Waals surface area contributed by atoms with Crippen molar-refractivity contribution in [3.8, 4) is 0 Å². The lowest BCUT2D eigenvalue weighted by atomic mass is 10.1. The van der Waals surface area contributed by atoms with E-state index in [1.807, 2.05) is 12.1 Å². The molecule has 0 unspecified atom stereocenters. The molecule has 0 saturated heterocycles. The lowest BCUT2D eigenvalue weighted by molar-refractivity contribution is 0.0519. The van der Waals surface area contributed by atoms with E-state index >= 15 is 0 Å². The third-order valence-electron chi connectivity index (χ3n) is 3.08. The number of carbonyl (C=O) groups excluding carboxylic acids is 2. The van der Waals surface area contributed by atoms with E-state index in [-0.39, 0.29) is 18.2 Å². The van der Waals surface area contributed by atoms with Gasteiger partial charge in [0.05, 0.1) is 24.4 Å². The van der Waals surface area contributed by atoms with E-state index in [0.717, 1.165) is 5.69 Å². The van der Waals surface area contributed by atoms with E-state index in [0.29, 0.717) is 17.8 Å². The molecular formula is C14H13N3O3. The Kier molecular flexibility index (Phi) is 2.98. The summed E-state index contributed by atoms with van der Waals surface area (Å²) in [6.07, 6.45) is 0. The summed E-state index contributed by atoms with van der Waals surface area (Å²) < 4.78 is 6.15. The highest BCUT2D eigenvalue weighted by Gasteiger charge is 2.24. The molecule has 2 aromatic rings. The molecule has 6 nitrogen and oxygen atoms in total. The molecule has 0 bridgehead atoms. The third-order valence-corrected chi connectivity index (χ3v) is 3.08. The summed E-state index contributed by atoms with van der Waals surface area (Å²) in [5, 5.41) is 7.22. The maximum Gasteiger partial charge on any atom is 0.358 e. The van der Waals surface area contributed by atoms with Crippen molar-refractivity contribution in [2.45, 2.75) is 13.5 Å². The summed E-state index contributed by atoms with van der Waals surface area (Å²) in [6, 6.07) is 8.79. The summed E-state index contributed by atoms with van der Waals surface area (Å²) >= 11 is 0. The van der Waals surface area contributed by atoms with Gasteiger partial charge in [0.15, 0.2) is 5.69 Å². The molecule has 2 heterocycles. The minimum absolute atomic E-state index is 0.149. The van der Waals surface area contributed by atoms with Crippen molar-refractivity contribution < 1.29 is 14.3 Å². The first-order valence-electron chi connectivity index (χ1n) is 6.34. The van der Waals surface area contributed by atoms with Crippen molar-refractivity contribution in [2.75, 3.05) is 11.9 Å². The van der Waals surface area contributed by atoms with Crippen LogP contribution in [0.5, 0.6) is 0 Å². The van der Waals surface area contributed by atoms with Gasteiger partial charge in [-0.2, -0.15) is 9.78 Å². The Hall–Kier alpha value is -2.63. The number of hydrogen-bond donors (Lipinski definition) is 1. The lowest BCUT2D eigenvalue weighted by Gasteiger charge is -2.04. The Morgan fingerprint density at radius 2 is 2.25 bits per heavy atom. The van der Waals surface area contributed by atoms with Crippen molar-refractivity contribution in [1.82, 2.24) is 9.78 Å². The van der Waals surface area contributed by atoms with Crippen molar-refractivity contribution in [3.63, 3.8) is 0 Å². The number of nitrogens with zero attached hydrogens (tertiary/aromatic N) is 2. The van der Waals surface area contributed by atoms with Crippen LogP contribution in [0.3, 0.4) is 0 Å². The van der Waals surface area contributed by atoms with E-state index in [1.165, 1.54) is 4.68 Å². The highest BCUT2D eigenvalue weighted by Crippen LogP contribution is 2.22. The summed E-state index contributed by atoms with van der Waals surface area (Å²) in [4.78, 5) is 24.1. The van der Waals surface area contributed by atoms with E-state index in [1.54, 1.807) is 25.1 Å². The zero-order valence-corrected chi connectivity index (χ0v) is 10.9. The average molecular weight is 271 g/mol. The van der Waals surface area contributed by atoms with Gasteiger partial charge in [-0.3, -0.25) is 4.79 Å². The van der Waals surface area contributed by atoms with Gasteiger partial charge in [-0.25, -0.2) is 4.79 Å². The molecule has 0 atom stereocenters. The number of fused-ring (bicyclic) bond motifs is 2. The van der Waals surface area contributed by atoms with E-state index < -0.39 is 5.97 Å². The van der Waals surface area contributed by atoms with E-state index in [9.17, 15) is 9.59 Å². The number of ether oxygens (including phenoxy) is 1. The topological polar surface area (TPSA) is 73.2 Å². The van der Waals surface area contributed by atoms with Gasteiger partial charge in [0.1, 0.15) is 0 Å². The summed E-state index contributed by atoms with van der Waals surface area (Å²) in [5.74, 6) is -0.773. The SMILES string of the molecule is CCOC(=O)c1cc2n(n1)C(=O)c1ccccc1NC2. The first kappa shape index (κ1) is 12.4. The molecule has 0 aliphatic carbocycles. The van der Waals surface area contributed by atoms with Crippen LogP contribution in [0.25, 0.3) is 0 Å². The van der Waals surface area contributed by atoms with Crippen molar-refractivity contribution in [3.05, 3.63) is 47.3 Å². The van der Waals surface area contributed by atoms with E-state index in [4.69, 9.17) is 4.74 Å². The summed E-state index contributed by atoms with van der Waals surface area (Å²) in [7, 11) is 0. The molecule has 20 heavy (non-hydrogen) atoms. The summed E-state index contributed by atoms with van der Waals surface area (Å²) in [5.41, 5.74) is 2.08. The molecule has 1 aromatic heterocycles. The molecule has 1 aromatic carbocycles. The fraction of sp³-hybridized carbons (Fsp3) is 0.214. The third kappa shape index (κ3) is 1.95. The number of benzene rings is 1. The summed E-state index contributed by atoms with van der Waals surface area (Å²) in [6.45, 7) is 2.42. The van der Waals surface area contributed by atoms with E-state index in [2.05, 4.69) is 10.4 Å². The first-order valence-corrected chi connectivity index (χ1v) is 6.34. The predicted octanol–water partition coefficient (Wildman–Crippen LogP) is 1.67. The van der Waals surface area contributed by atoms with Crippen LogP contribution in [0.1, 0.15) is 33.5 Å². The molecule has 1 aliphatic heterocycles. The second kappa shape index (κ2) is 4.80. The molecule has 3 rings (SSSR count). The number of rotatable bonds is 2. The fourth-order valence-electron chi connectivity index (χ4n) is 2.15. The molecule has 0 radical (unpaired) electrons. The number of para-hydroxylation sites is 1. The van der Waals surface area contributed by atoms with Crippen LogP contribution < -0.4 is 5.32 Å². The van der Waals surface area contributed by atoms with Crippen LogP contribution in [-0.4, -0.2) is 28.3 Å². The fourth-order valence-corrected chi connectivity index (χ4v) is 2.15. The lowest BCUT2D eigenvalue weighted by Crippen LogP contribution is -2.16. The van der Waals surface area contributed by atoms with Gasteiger partial charge in [0.2, 0.25) is 0 Å². The Labute approximate surface area is 115 Å². The highest BCUT2D eigenvalue weighted by molar-refractivity contribution is 6.02. The van der Waals surface area contributed by atoms with Crippen molar-refractivity contribution >= 4 is 17.6 Å². The zero-order chi connectivity index (χ0) is 14.1. The number of anilines is 1. The number of nitrogens with one attached hydrogen (secondary N) is 1. The number of carbonyl (C=O) groups is 2. The maximum atomic E-state index is 12.4. The Morgan fingerprint density at radius 3 is 3.05 bits per heavy atom. The zero-order valence-electron chi connectivity index (χ0n) is 10.9. The van der Waals surface area contributed by atoms with Crippen LogP contribution in [0.2, 0.25) is 0 Å².